The third kappa shape index (κ3) is 3.55. The Hall–Kier alpha value is -1.38. The Kier molecular flexibility index (Phi) is 4.56. The van der Waals surface area contributed by atoms with Crippen molar-refractivity contribution in [3.63, 3.8) is 0 Å². The third-order valence-electron chi connectivity index (χ3n) is 3.23. The molecule has 1 atom stereocenters. The van der Waals surface area contributed by atoms with Gasteiger partial charge < -0.3 is 5.11 Å². The molecule has 0 fully saturated rings. The molecule has 1 nitrogen and oxygen atoms in total. The lowest BCUT2D eigenvalue weighted by atomic mass is 9.85. The van der Waals surface area contributed by atoms with Crippen molar-refractivity contribution in [2.45, 2.75) is 18.4 Å². The molecule has 100 valence electrons. The van der Waals surface area contributed by atoms with Crippen LogP contribution in [0.4, 0.5) is 4.39 Å². The number of alkyl halides is 1. The summed E-state index contributed by atoms with van der Waals surface area (Å²) in [5, 5.41) is 10.8. The van der Waals surface area contributed by atoms with Crippen molar-refractivity contribution in [2.24, 2.45) is 0 Å². The molecule has 0 spiro atoms. The van der Waals surface area contributed by atoms with E-state index in [9.17, 15) is 9.50 Å². The molecule has 2 aromatic rings. The van der Waals surface area contributed by atoms with E-state index >= 15 is 0 Å². The van der Waals surface area contributed by atoms with Crippen molar-refractivity contribution in [2.75, 3.05) is 5.88 Å². The molecule has 1 N–H and O–H groups in total. The summed E-state index contributed by atoms with van der Waals surface area (Å²) in [6, 6.07) is 15.6. The van der Waals surface area contributed by atoms with E-state index in [0.717, 1.165) is 11.1 Å². The molecule has 2 aromatic carbocycles. The summed E-state index contributed by atoms with van der Waals surface area (Å²) in [7, 11) is 0. The lowest BCUT2D eigenvalue weighted by Crippen LogP contribution is -2.29. The molecule has 0 amide bonds. The standard InChI is InChI=1S/C16H16ClFO/c17-11-10-16(19,14-4-2-1-3-5-14)12-13-6-8-15(18)9-7-13/h1-9,19H,10-12H2. The van der Waals surface area contributed by atoms with Gasteiger partial charge in [0.2, 0.25) is 0 Å². The summed E-state index contributed by atoms with van der Waals surface area (Å²) in [6.07, 6.45) is 0.875. The first-order valence-electron chi connectivity index (χ1n) is 6.22. The largest absolute Gasteiger partial charge is 0.385 e. The average molecular weight is 279 g/mol. The van der Waals surface area contributed by atoms with E-state index in [4.69, 9.17) is 11.6 Å². The molecule has 0 radical (unpaired) electrons. The van der Waals surface area contributed by atoms with Gasteiger partial charge in [0.25, 0.3) is 0 Å². The zero-order valence-corrected chi connectivity index (χ0v) is 11.3. The fourth-order valence-electron chi connectivity index (χ4n) is 2.18. The van der Waals surface area contributed by atoms with Gasteiger partial charge in [0.1, 0.15) is 5.82 Å². The SMILES string of the molecule is OC(CCCl)(Cc1ccc(F)cc1)c1ccccc1. The maximum Gasteiger partial charge on any atom is 0.123 e. The zero-order chi connectivity index (χ0) is 13.7. The van der Waals surface area contributed by atoms with Crippen LogP contribution in [0.15, 0.2) is 54.6 Å². The fraction of sp³-hybridized carbons (Fsp3) is 0.250. The number of hydrogen-bond donors (Lipinski definition) is 1. The van der Waals surface area contributed by atoms with Crippen molar-refractivity contribution >= 4 is 11.6 Å². The highest BCUT2D eigenvalue weighted by atomic mass is 35.5. The minimum Gasteiger partial charge on any atom is -0.385 e. The molecule has 0 bridgehead atoms. The van der Waals surface area contributed by atoms with Crippen LogP contribution in [-0.4, -0.2) is 11.0 Å². The van der Waals surface area contributed by atoms with E-state index in [0.29, 0.717) is 18.7 Å². The van der Waals surface area contributed by atoms with E-state index in [1.165, 1.54) is 12.1 Å². The normalized spacial score (nSPS) is 14.1. The van der Waals surface area contributed by atoms with Crippen LogP contribution in [0.5, 0.6) is 0 Å². The van der Waals surface area contributed by atoms with Gasteiger partial charge in [0.05, 0.1) is 5.60 Å². The highest BCUT2D eigenvalue weighted by Crippen LogP contribution is 2.29. The van der Waals surface area contributed by atoms with Crippen LogP contribution in [0, 0.1) is 5.82 Å². The van der Waals surface area contributed by atoms with Crippen LogP contribution in [0.2, 0.25) is 0 Å². The van der Waals surface area contributed by atoms with Gasteiger partial charge in [0.15, 0.2) is 0 Å². The molecule has 2 rings (SSSR count). The third-order valence-corrected chi connectivity index (χ3v) is 3.42. The van der Waals surface area contributed by atoms with E-state index in [-0.39, 0.29) is 5.82 Å². The molecule has 0 saturated carbocycles. The van der Waals surface area contributed by atoms with E-state index < -0.39 is 5.60 Å². The highest BCUT2D eigenvalue weighted by Gasteiger charge is 2.28. The second-order valence-electron chi connectivity index (χ2n) is 4.64. The van der Waals surface area contributed by atoms with E-state index in [1.54, 1.807) is 12.1 Å². The Labute approximate surface area is 117 Å². The molecule has 0 heterocycles. The van der Waals surface area contributed by atoms with Crippen LogP contribution in [0.3, 0.4) is 0 Å². The van der Waals surface area contributed by atoms with Gasteiger partial charge in [-0.15, -0.1) is 11.6 Å². The van der Waals surface area contributed by atoms with Gasteiger partial charge >= 0.3 is 0 Å². The van der Waals surface area contributed by atoms with Crippen LogP contribution >= 0.6 is 11.6 Å². The Bertz CT molecular complexity index is 512. The summed E-state index contributed by atoms with van der Waals surface area (Å²) in [5.74, 6) is 0.0939. The lowest BCUT2D eigenvalue weighted by Gasteiger charge is -2.28. The highest BCUT2D eigenvalue weighted by molar-refractivity contribution is 6.17. The van der Waals surface area contributed by atoms with E-state index in [1.807, 2.05) is 30.3 Å². The summed E-state index contributed by atoms with van der Waals surface area (Å²) in [5.41, 5.74) is 0.707. The second kappa shape index (κ2) is 6.18. The van der Waals surface area contributed by atoms with Crippen molar-refractivity contribution in [3.8, 4) is 0 Å². The average Bonchev–Trinajstić information content (AvgIpc) is 2.43. The number of aliphatic hydroxyl groups is 1. The van der Waals surface area contributed by atoms with Gasteiger partial charge in [-0.1, -0.05) is 42.5 Å². The predicted molar refractivity (Wildman–Crippen MR) is 75.8 cm³/mol. The Morgan fingerprint density at radius 2 is 1.63 bits per heavy atom. The maximum absolute atomic E-state index is 12.9. The first-order valence-corrected chi connectivity index (χ1v) is 6.76. The molecule has 0 aliphatic carbocycles. The number of halogens is 2. The first-order chi connectivity index (χ1) is 9.14. The number of rotatable bonds is 5. The molecule has 19 heavy (non-hydrogen) atoms. The van der Waals surface area contributed by atoms with Crippen LogP contribution < -0.4 is 0 Å². The molecule has 3 heteroatoms. The van der Waals surface area contributed by atoms with Crippen LogP contribution in [0.25, 0.3) is 0 Å². The molecule has 0 saturated heterocycles. The molecule has 0 aromatic heterocycles. The van der Waals surface area contributed by atoms with Gasteiger partial charge in [-0.2, -0.15) is 0 Å². The molecule has 0 aliphatic rings. The smallest absolute Gasteiger partial charge is 0.123 e. The zero-order valence-electron chi connectivity index (χ0n) is 10.5. The fourth-order valence-corrected chi connectivity index (χ4v) is 2.49. The Morgan fingerprint density at radius 3 is 2.21 bits per heavy atom. The quantitative estimate of drug-likeness (QED) is 0.823. The van der Waals surface area contributed by atoms with Crippen molar-refractivity contribution < 1.29 is 9.50 Å². The summed E-state index contributed by atoms with van der Waals surface area (Å²) < 4.78 is 12.9. The molecule has 0 aliphatic heterocycles. The number of benzene rings is 2. The molecule has 1 unspecified atom stereocenters. The lowest BCUT2D eigenvalue weighted by molar-refractivity contribution is 0.0336. The summed E-state index contributed by atoms with van der Waals surface area (Å²) >= 11 is 5.81. The van der Waals surface area contributed by atoms with Gasteiger partial charge in [0, 0.05) is 12.3 Å². The van der Waals surface area contributed by atoms with E-state index in [2.05, 4.69) is 0 Å². The topological polar surface area (TPSA) is 20.2 Å². The second-order valence-corrected chi connectivity index (χ2v) is 5.02. The predicted octanol–water partition coefficient (Wildman–Crippen LogP) is 3.88. The summed E-state index contributed by atoms with van der Waals surface area (Å²) in [6.45, 7) is 0. The van der Waals surface area contributed by atoms with Gasteiger partial charge in [-0.05, 0) is 29.7 Å². The van der Waals surface area contributed by atoms with Crippen molar-refractivity contribution in [3.05, 3.63) is 71.5 Å². The van der Waals surface area contributed by atoms with Crippen molar-refractivity contribution in [1.29, 1.82) is 0 Å². The number of hydrogen-bond acceptors (Lipinski definition) is 1. The summed E-state index contributed by atoms with van der Waals surface area (Å²) in [4.78, 5) is 0. The van der Waals surface area contributed by atoms with Gasteiger partial charge in [-0.3, -0.25) is 0 Å². The minimum absolute atomic E-state index is 0.274. The Balaban J connectivity index is 2.27. The Morgan fingerprint density at radius 1 is 1.00 bits per heavy atom. The molecular formula is C16H16ClFO. The molecular weight excluding hydrogens is 263 g/mol. The van der Waals surface area contributed by atoms with Crippen molar-refractivity contribution in [1.82, 2.24) is 0 Å². The van der Waals surface area contributed by atoms with Crippen LogP contribution in [-0.2, 0) is 12.0 Å². The monoisotopic (exact) mass is 278 g/mol. The maximum atomic E-state index is 12.9. The first kappa shape index (κ1) is 14.0. The van der Waals surface area contributed by atoms with Crippen LogP contribution in [0.1, 0.15) is 17.5 Å². The minimum atomic E-state index is -1.01. The van der Waals surface area contributed by atoms with Gasteiger partial charge in [-0.25, -0.2) is 4.39 Å².